The molecule has 0 spiro atoms. The number of carboxylic acid groups (broad SMARTS) is 1. The zero-order valence-electron chi connectivity index (χ0n) is 14.5. The number of carbonyl (C=O) groups is 5. The van der Waals surface area contributed by atoms with Crippen LogP contribution in [0.3, 0.4) is 0 Å². The Morgan fingerprint density at radius 2 is 1.96 bits per heavy atom. The summed E-state index contributed by atoms with van der Waals surface area (Å²) in [5.41, 5.74) is 8.37. The second-order valence-electron chi connectivity index (χ2n) is 6.63. The molecule has 11 heteroatoms. The topological polar surface area (TPSA) is 170 Å². The predicted octanol–water partition coefficient (Wildman–Crippen LogP) is -1.48. The number of amides is 1. The molecule has 3 aliphatic rings. The van der Waals surface area contributed by atoms with Crippen LogP contribution in [-0.2, 0) is 28.7 Å². The van der Waals surface area contributed by atoms with E-state index >= 15 is 0 Å². The maximum Gasteiger partial charge on any atom is 0.352 e. The van der Waals surface area contributed by atoms with Crippen LogP contribution in [0, 0.1) is 0 Å². The van der Waals surface area contributed by atoms with Crippen LogP contribution in [0.2, 0.25) is 0 Å². The molecule has 146 valence electrons. The van der Waals surface area contributed by atoms with Crippen LogP contribution < -0.4 is 11.5 Å². The molecular weight excluding hydrogens is 378 g/mol. The van der Waals surface area contributed by atoms with Crippen molar-refractivity contribution < 1.29 is 33.8 Å². The number of rotatable bonds is 3. The van der Waals surface area contributed by atoms with Crippen LogP contribution in [-0.4, -0.2) is 68.2 Å². The van der Waals surface area contributed by atoms with Gasteiger partial charge in [-0.1, -0.05) is 0 Å². The lowest BCUT2D eigenvalue weighted by molar-refractivity contribution is -0.168. The number of thioether (sulfide) groups is 1. The highest BCUT2D eigenvalue weighted by atomic mass is 32.2. The van der Waals surface area contributed by atoms with Gasteiger partial charge in [-0.15, -0.1) is 11.8 Å². The smallest absolute Gasteiger partial charge is 0.352 e. The Labute approximate surface area is 158 Å². The number of Topliss-reactive ketones (excluding diaryl/α,β-unsaturated/α-hetero) is 2. The van der Waals surface area contributed by atoms with E-state index < -0.39 is 58.2 Å². The number of ketones is 2. The van der Waals surface area contributed by atoms with Crippen molar-refractivity contribution in [1.29, 1.82) is 0 Å². The first kappa shape index (κ1) is 19.5. The molecule has 0 aromatic carbocycles. The number of carbonyl (C=O) groups excluding carboxylic acids is 4. The molecule has 10 nitrogen and oxygen atoms in total. The summed E-state index contributed by atoms with van der Waals surface area (Å²) in [7, 11) is 0. The molecule has 2 fully saturated rings. The fraction of sp³-hybridized carbons (Fsp3) is 0.562. The minimum absolute atomic E-state index is 0.106. The average Bonchev–Trinajstić information content (AvgIpc) is 2.71. The third kappa shape index (κ3) is 2.77. The Kier molecular flexibility index (Phi) is 4.87. The highest BCUT2D eigenvalue weighted by molar-refractivity contribution is 8.00. The lowest BCUT2D eigenvalue weighted by Crippen LogP contribution is -2.70. The van der Waals surface area contributed by atoms with Gasteiger partial charge in [-0.25, -0.2) is 4.79 Å². The molecule has 0 aromatic heterocycles. The number of carboxylic acids is 1. The summed E-state index contributed by atoms with van der Waals surface area (Å²) in [6, 6.07) is -1.98. The molecule has 0 aromatic rings. The van der Waals surface area contributed by atoms with Crippen LogP contribution in [0.15, 0.2) is 11.3 Å². The Morgan fingerprint density at radius 3 is 2.56 bits per heavy atom. The van der Waals surface area contributed by atoms with Gasteiger partial charge in [0.15, 0.2) is 5.78 Å². The summed E-state index contributed by atoms with van der Waals surface area (Å²) < 4.78 is 5.22. The zero-order valence-corrected chi connectivity index (χ0v) is 15.3. The normalized spacial score (nSPS) is 34.0. The molecule has 1 saturated carbocycles. The molecule has 1 aliphatic carbocycles. The largest absolute Gasteiger partial charge is 0.477 e. The van der Waals surface area contributed by atoms with E-state index in [9.17, 15) is 29.1 Å². The minimum Gasteiger partial charge on any atom is -0.477 e. The van der Waals surface area contributed by atoms with Gasteiger partial charge in [0, 0.05) is 24.7 Å². The molecule has 0 bridgehead atoms. The van der Waals surface area contributed by atoms with Crippen LogP contribution >= 0.6 is 11.8 Å². The highest BCUT2D eigenvalue weighted by Crippen LogP contribution is 2.45. The molecule has 1 amide bonds. The number of nitrogens with two attached hydrogens (primary N) is 2. The fourth-order valence-corrected chi connectivity index (χ4v) is 5.03. The monoisotopic (exact) mass is 397 g/mol. The first-order valence-corrected chi connectivity index (χ1v) is 9.37. The van der Waals surface area contributed by atoms with Gasteiger partial charge in [0.25, 0.3) is 5.60 Å². The van der Waals surface area contributed by atoms with E-state index in [-0.39, 0.29) is 24.2 Å². The van der Waals surface area contributed by atoms with Crippen molar-refractivity contribution >= 4 is 41.2 Å². The van der Waals surface area contributed by atoms with Crippen molar-refractivity contribution in [2.75, 3.05) is 5.75 Å². The van der Waals surface area contributed by atoms with Gasteiger partial charge in [-0.3, -0.25) is 24.1 Å². The van der Waals surface area contributed by atoms with Crippen LogP contribution in [0.1, 0.15) is 26.2 Å². The lowest BCUT2D eigenvalue weighted by Gasteiger charge is -2.49. The Balaban J connectivity index is 2.26. The summed E-state index contributed by atoms with van der Waals surface area (Å²) >= 11 is 1.11. The fourth-order valence-electron chi connectivity index (χ4n) is 3.67. The lowest BCUT2D eigenvalue weighted by atomic mass is 9.81. The first-order valence-electron chi connectivity index (χ1n) is 8.32. The highest BCUT2D eigenvalue weighted by Gasteiger charge is 2.61. The molecule has 27 heavy (non-hydrogen) atoms. The molecule has 3 rings (SSSR count). The van der Waals surface area contributed by atoms with E-state index in [1.165, 1.54) is 0 Å². The van der Waals surface area contributed by atoms with E-state index in [2.05, 4.69) is 0 Å². The predicted molar refractivity (Wildman–Crippen MR) is 92.1 cm³/mol. The van der Waals surface area contributed by atoms with E-state index in [1.54, 1.807) is 0 Å². The molecule has 4 atom stereocenters. The second-order valence-corrected chi connectivity index (χ2v) is 7.73. The maximum absolute atomic E-state index is 13.0. The van der Waals surface area contributed by atoms with Gasteiger partial charge in [0.1, 0.15) is 17.1 Å². The van der Waals surface area contributed by atoms with Gasteiger partial charge in [0.2, 0.25) is 11.7 Å². The van der Waals surface area contributed by atoms with Crippen molar-refractivity contribution in [3.8, 4) is 0 Å². The molecule has 2 unspecified atom stereocenters. The Bertz CT molecular complexity index is 795. The minimum atomic E-state index is -2.44. The van der Waals surface area contributed by atoms with Crippen LogP contribution in [0.25, 0.3) is 0 Å². The van der Waals surface area contributed by atoms with E-state index in [0.717, 1.165) is 23.6 Å². The summed E-state index contributed by atoms with van der Waals surface area (Å²) in [6.07, 6.45) is 0.394. The molecule has 2 heterocycles. The van der Waals surface area contributed by atoms with Gasteiger partial charge in [0.05, 0.1) is 6.04 Å². The van der Waals surface area contributed by atoms with E-state index in [4.69, 9.17) is 16.2 Å². The number of hydrogen-bond donors (Lipinski definition) is 3. The number of nitrogens with zero attached hydrogens (tertiary/aromatic N) is 1. The molecular formula is C16H19N3O7S. The number of β-lactam (4-membered cyclic amide) rings is 1. The summed E-state index contributed by atoms with van der Waals surface area (Å²) in [5, 5.41) is 9.11. The second kappa shape index (κ2) is 6.73. The SMILES string of the molecule is CC(=O)OC1(C2=C(C(=O)O)N3C(=O)[C@@H](N)[C@H]3SC2)C(=O)CCCC(N)C1=O. The quantitative estimate of drug-likeness (QED) is 0.221. The molecule has 5 N–H and O–H groups in total. The average molecular weight is 397 g/mol. The van der Waals surface area contributed by atoms with Gasteiger partial charge in [-0.2, -0.15) is 0 Å². The number of esters is 1. The number of hydrogen-bond acceptors (Lipinski definition) is 9. The Hall–Kier alpha value is -2.24. The first-order chi connectivity index (χ1) is 12.6. The Morgan fingerprint density at radius 1 is 1.30 bits per heavy atom. The van der Waals surface area contributed by atoms with Crippen molar-refractivity contribution in [3.05, 3.63) is 11.3 Å². The van der Waals surface area contributed by atoms with Crippen molar-refractivity contribution in [2.24, 2.45) is 11.5 Å². The van der Waals surface area contributed by atoms with Crippen LogP contribution in [0.4, 0.5) is 0 Å². The van der Waals surface area contributed by atoms with Crippen LogP contribution in [0.5, 0.6) is 0 Å². The molecule has 1 saturated heterocycles. The standard InChI is InChI=1S/C16H19N3O7S/c1-6(20)26-16(9(21)4-2-3-8(17)12(16)22)7-5-27-14-10(18)13(23)19(14)11(7)15(24)25/h8,10,14H,2-5,17-18H2,1H3,(H,24,25)/t8?,10-,14-,16?/m1/s1. The number of aliphatic carboxylic acids is 1. The van der Waals surface area contributed by atoms with Gasteiger partial charge >= 0.3 is 11.9 Å². The van der Waals surface area contributed by atoms with Gasteiger partial charge < -0.3 is 21.3 Å². The molecule has 2 aliphatic heterocycles. The third-order valence-corrected chi connectivity index (χ3v) is 6.23. The number of fused-ring (bicyclic) bond motifs is 1. The van der Waals surface area contributed by atoms with Gasteiger partial charge in [-0.05, 0) is 12.8 Å². The van der Waals surface area contributed by atoms with Crippen molar-refractivity contribution in [1.82, 2.24) is 4.90 Å². The maximum atomic E-state index is 13.0. The van der Waals surface area contributed by atoms with E-state index in [0.29, 0.717) is 6.42 Å². The molecule has 0 radical (unpaired) electrons. The van der Waals surface area contributed by atoms with Crippen molar-refractivity contribution in [2.45, 2.75) is 49.2 Å². The summed E-state index contributed by atoms with van der Waals surface area (Å²) in [4.78, 5) is 62.8. The van der Waals surface area contributed by atoms with Crippen molar-refractivity contribution in [3.63, 3.8) is 0 Å². The van der Waals surface area contributed by atoms with E-state index in [1.807, 2.05) is 0 Å². The summed E-state index contributed by atoms with van der Waals surface area (Å²) in [5.74, 6) is -4.80. The third-order valence-electron chi connectivity index (χ3n) is 4.93. The number of ether oxygens (including phenoxy) is 1. The zero-order chi connectivity index (χ0) is 20.1. The summed E-state index contributed by atoms with van der Waals surface area (Å²) in [6.45, 7) is 1.02.